The van der Waals surface area contributed by atoms with Crippen LogP contribution in [0.2, 0.25) is 0 Å². The van der Waals surface area contributed by atoms with Gasteiger partial charge in [0.2, 0.25) is 0 Å². The minimum Gasteiger partial charge on any atom is -0.394 e. The van der Waals surface area contributed by atoms with Crippen LogP contribution < -0.4 is 10.6 Å². The van der Waals surface area contributed by atoms with Gasteiger partial charge in [-0.05, 0) is 12.3 Å². The van der Waals surface area contributed by atoms with Crippen molar-refractivity contribution in [3.63, 3.8) is 0 Å². The fourth-order valence-electron chi connectivity index (χ4n) is 2.01. The van der Waals surface area contributed by atoms with Crippen molar-refractivity contribution in [1.29, 1.82) is 0 Å². The molecule has 7 nitrogen and oxygen atoms in total. The van der Waals surface area contributed by atoms with Crippen molar-refractivity contribution in [3.8, 4) is 0 Å². The van der Waals surface area contributed by atoms with Crippen LogP contribution in [0.3, 0.4) is 0 Å². The summed E-state index contributed by atoms with van der Waals surface area (Å²) in [4.78, 5) is 11.7. The molecular formula is C13H25N5O2. The van der Waals surface area contributed by atoms with E-state index in [1.807, 2.05) is 11.5 Å². The minimum absolute atomic E-state index is 0.0446. The zero-order valence-corrected chi connectivity index (χ0v) is 12.5. The maximum absolute atomic E-state index is 11.7. The Morgan fingerprint density at radius 3 is 2.85 bits per heavy atom. The second-order valence-corrected chi connectivity index (χ2v) is 5.20. The third kappa shape index (κ3) is 5.56. The van der Waals surface area contributed by atoms with Crippen molar-refractivity contribution in [2.75, 3.05) is 13.2 Å². The zero-order valence-electron chi connectivity index (χ0n) is 12.5. The molecule has 7 heteroatoms. The zero-order chi connectivity index (χ0) is 15.0. The number of aliphatic hydroxyl groups is 1. The van der Waals surface area contributed by atoms with Crippen LogP contribution in [0, 0.1) is 5.92 Å². The van der Waals surface area contributed by atoms with Crippen LogP contribution in [0.4, 0.5) is 4.79 Å². The summed E-state index contributed by atoms with van der Waals surface area (Å²) in [6, 6.07) is -0.452. The number of nitrogens with one attached hydrogen (secondary N) is 2. The Hall–Kier alpha value is -1.63. The summed E-state index contributed by atoms with van der Waals surface area (Å²) in [5.41, 5.74) is 0. The predicted octanol–water partition coefficient (Wildman–Crippen LogP) is 0.547. The summed E-state index contributed by atoms with van der Waals surface area (Å²) >= 11 is 0. The van der Waals surface area contributed by atoms with Crippen LogP contribution in [0.15, 0.2) is 6.33 Å². The van der Waals surface area contributed by atoms with Gasteiger partial charge in [0, 0.05) is 19.5 Å². The smallest absolute Gasteiger partial charge is 0.315 e. The summed E-state index contributed by atoms with van der Waals surface area (Å²) in [6.07, 6.45) is 3.23. The lowest BCUT2D eigenvalue weighted by Crippen LogP contribution is -2.45. The maximum atomic E-state index is 11.7. The number of carbonyl (C=O) groups excluding carboxylic acids is 1. The second-order valence-electron chi connectivity index (χ2n) is 5.20. The molecule has 0 fully saturated rings. The molecule has 3 N–H and O–H groups in total. The standard InChI is InChI=1S/C13H25N5O2/c1-4-12-17-15-9-18(12)6-5-14-13(20)16-11(8-19)7-10(2)3/h9-11,19H,4-8H2,1-3H3,(H2,14,16,20). The fourth-order valence-corrected chi connectivity index (χ4v) is 2.01. The van der Waals surface area contributed by atoms with E-state index in [-0.39, 0.29) is 18.7 Å². The normalized spacial score (nSPS) is 12.4. The summed E-state index contributed by atoms with van der Waals surface area (Å²) in [6.45, 7) is 7.21. The predicted molar refractivity (Wildman–Crippen MR) is 76.3 cm³/mol. The van der Waals surface area contributed by atoms with E-state index in [4.69, 9.17) is 0 Å². The third-order valence-electron chi connectivity index (χ3n) is 2.96. The molecule has 0 aromatic carbocycles. The van der Waals surface area contributed by atoms with Gasteiger partial charge in [0.15, 0.2) is 0 Å². The number of rotatable bonds is 8. The van der Waals surface area contributed by atoms with Crippen molar-refractivity contribution in [2.24, 2.45) is 5.92 Å². The Balaban J connectivity index is 2.29. The van der Waals surface area contributed by atoms with E-state index in [1.165, 1.54) is 0 Å². The summed E-state index contributed by atoms with van der Waals surface area (Å²) in [5, 5.41) is 22.6. The first kappa shape index (κ1) is 16.4. The Morgan fingerprint density at radius 1 is 1.50 bits per heavy atom. The highest BCUT2D eigenvalue weighted by molar-refractivity contribution is 5.74. The maximum Gasteiger partial charge on any atom is 0.315 e. The molecule has 1 aromatic heterocycles. The van der Waals surface area contributed by atoms with E-state index >= 15 is 0 Å². The monoisotopic (exact) mass is 283 g/mol. The van der Waals surface area contributed by atoms with E-state index in [0.717, 1.165) is 18.7 Å². The quantitative estimate of drug-likeness (QED) is 0.649. The molecule has 114 valence electrons. The SMILES string of the molecule is CCc1nncn1CCNC(=O)NC(CO)CC(C)C. The number of aryl methyl sites for hydroxylation is 1. The molecule has 1 atom stereocenters. The lowest BCUT2D eigenvalue weighted by molar-refractivity contribution is 0.206. The van der Waals surface area contributed by atoms with Crippen LogP contribution >= 0.6 is 0 Å². The molecule has 1 rings (SSSR count). The molecule has 1 unspecified atom stereocenters. The first-order chi connectivity index (χ1) is 9.56. The molecule has 0 saturated heterocycles. The Kier molecular flexibility index (Phi) is 7.00. The van der Waals surface area contributed by atoms with E-state index in [9.17, 15) is 9.90 Å². The highest BCUT2D eigenvalue weighted by atomic mass is 16.3. The molecule has 0 radical (unpaired) electrons. The van der Waals surface area contributed by atoms with E-state index < -0.39 is 0 Å². The average molecular weight is 283 g/mol. The molecule has 0 bridgehead atoms. The van der Waals surface area contributed by atoms with Gasteiger partial charge in [-0.1, -0.05) is 20.8 Å². The van der Waals surface area contributed by atoms with Gasteiger partial charge in [-0.25, -0.2) is 4.79 Å². The lowest BCUT2D eigenvalue weighted by atomic mass is 10.0. The number of aromatic nitrogens is 3. The molecule has 2 amide bonds. The van der Waals surface area contributed by atoms with Crippen LogP contribution in [0.5, 0.6) is 0 Å². The number of urea groups is 1. The lowest BCUT2D eigenvalue weighted by Gasteiger charge is -2.18. The van der Waals surface area contributed by atoms with Crippen molar-refractivity contribution in [3.05, 3.63) is 12.2 Å². The van der Waals surface area contributed by atoms with Gasteiger partial charge in [-0.15, -0.1) is 10.2 Å². The number of carbonyl (C=O) groups is 1. The summed E-state index contributed by atoms with van der Waals surface area (Å²) in [5.74, 6) is 1.33. The van der Waals surface area contributed by atoms with Crippen molar-refractivity contribution in [1.82, 2.24) is 25.4 Å². The Labute approximate surface area is 119 Å². The minimum atomic E-state index is -0.254. The number of hydrogen-bond donors (Lipinski definition) is 3. The summed E-state index contributed by atoms with van der Waals surface area (Å²) < 4.78 is 1.91. The third-order valence-corrected chi connectivity index (χ3v) is 2.96. The van der Waals surface area contributed by atoms with Crippen LogP contribution in [-0.4, -0.2) is 45.1 Å². The average Bonchev–Trinajstić information content (AvgIpc) is 2.84. The highest BCUT2D eigenvalue weighted by Gasteiger charge is 2.12. The number of nitrogens with zero attached hydrogens (tertiary/aromatic N) is 3. The van der Waals surface area contributed by atoms with Gasteiger partial charge in [-0.2, -0.15) is 0 Å². The van der Waals surface area contributed by atoms with Crippen LogP contribution in [0.25, 0.3) is 0 Å². The fraction of sp³-hybridized carbons (Fsp3) is 0.769. The molecule has 1 heterocycles. The van der Waals surface area contributed by atoms with Gasteiger partial charge in [0.25, 0.3) is 0 Å². The molecule has 20 heavy (non-hydrogen) atoms. The number of amides is 2. The van der Waals surface area contributed by atoms with Crippen molar-refractivity contribution < 1.29 is 9.90 Å². The number of aliphatic hydroxyl groups excluding tert-OH is 1. The molecule has 0 spiro atoms. The van der Waals surface area contributed by atoms with Gasteiger partial charge in [0.05, 0.1) is 12.6 Å². The van der Waals surface area contributed by atoms with Crippen molar-refractivity contribution >= 4 is 6.03 Å². The topological polar surface area (TPSA) is 92.1 Å². The van der Waals surface area contributed by atoms with Gasteiger partial charge in [-0.3, -0.25) is 0 Å². The van der Waals surface area contributed by atoms with Gasteiger partial charge < -0.3 is 20.3 Å². The molecule has 0 aliphatic heterocycles. The largest absolute Gasteiger partial charge is 0.394 e. The second kappa shape index (κ2) is 8.52. The molecule has 0 aliphatic carbocycles. The molecule has 1 aromatic rings. The first-order valence-electron chi connectivity index (χ1n) is 7.08. The van der Waals surface area contributed by atoms with Crippen molar-refractivity contribution in [2.45, 2.75) is 46.2 Å². The Bertz CT molecular complexity index is 405. The van der Waals surface area contributed by atoms with Crippen LogP contribution in [0.1, 0.15) is 33.0 Å². The number of hydrogen-bond acceptors (Lipinski definition) is 4. The van der Waals surface area contributed by atoms with Crippen LogP contribution in [-0.2, 0) is 13.0 Å². The summed E-state index contributed by atoms with van der Waals surface area (Å²) in [7, 11) is 0. The van der Waals surface area contributed by atoms with E-state index in [1.54, 1.807) is 6.33 Å². The van der Waals surface area contributed by atoms with Gasteiger partial charge >= 0.3 is 6.03 Å². The molecular weight excluding hydrogens is 258 g/mol. The van der Waals surface area contributed by atoms with E-state index in [0.29, 0.717) is 19.0 Å². The Morgan fingerprint density at radius 2 is 2.25 bits per heavy atom. The highest BCUT2D eigenvalue weighted by Crippen LogP contribution is 2.03. The van der Waals surface area contributed by atoms with Gasteiger partial charge in [0.1, 0.15) is 12.2 Å². The molecule has 0 aliphatic rings. The molecule has 0 saturated carbocycles. The first-order valence-corrected chi connectivity index (χ1v) is 7.08. The van der Waals surface area contributed by atoms with E-state index in [2.05, 4.69) is 34.7 Å².